The summed E-state index contributed by atoms with van der Waals surface area (Å²) in [6.07, 6.45) is 1.56. The minimum Gasteiger partial charge on any atom is -0.373 e. The van der Waals surface area contributed by atoms with Crippen molar-refractivity contribution in [2.75, 3.05) is 17.7 Å². The van der Waals surface area contributed by atoms with Crippen molar-refractivity contribution in [2.45, 2.75) is 26.3 Å². The van der Waals surface area contributed by atoms with Gasteiger partial charge in [0.15, 0.2) is 0 Å². The summed E-state index contributed by atoms with van der Waals surface area (Å²) < 4.78 is 0. The fraction of sp³-hybridized carbons (Fsp3) is 0.333. The van der Waals surface area contributed by atoms with Gasteiger partial charge >= 0.3 is 0 Å². The van der Waals surface area contributed by atoms with Crippen LogP contribution in [0.3, 0.4) is 0 Å². The van der Waals surface area contributed by atoms with Gasteiger partial charge in [0.05, 0.1) is 0 Å². The van der Waals surface area contributed by atoms with Crippen LogP contribution >= 0.6 is 11.6 Å². The second-order valence-corrected chi connectivity index (χ2v) is 5.24. The van der Waals surface area contributed by atoms with Crippen LogP contribution in [0.4, 0.5) is 11.6 Å². The lowest BCUT2D eigenvalue weighted by molar-refractivity contribution is 0.847. The maximum absolute atomic E-state index is 6.17. The van der Waals surface area contributed by atoms with E-state index in [9.17, 15) is 0 Å². The first-order chi connectivity index (χ1) is 9.63. The smallest absolute Gasteiger partial charge is 0.135 e. The molecule has 0 spiro atoms. The third kappa shape index (κ3) is 3.20. The van der Waals surface area contributed by atoms with E-state index in [1.54, 1.807) is 6.33 Å². The van der Waals surface area contributed by atoms with Crippen molar-refractivity contribution in [2.24, 2.45) is 0 Å². The number of anilines is 2. The Bertz CT molecular complexity index is 584. The Morgan fingerprint density at radius 3 is 2.50 bits per heavy atom. The summed E-state index contributed by atoms with van der Waals surface area (Å²) >= 11 is 6.17. The molecule has 0 aliphatic carbocycles. The number of benzene rings is 1. The van der Waals surface area contributed by atoms with Gasteiger partial charge in [0.1, 0.15) is 18.0 Å². The lowest BCUT2D eigenvalue weighted by Gasteiger charge is -2.16. The molecule has 1 aromatic carbocycles. The Balaban J connectivity index is 2.24. The molecule has 0 aliphatic heterocycles. The molecular formula is C15H19ClN4. The van der Waals surface area contributed by atoms with E-state index in [-0.39, 0.29) is 0 Å². The highest BCUT2D eigenvalue weighted by Gasteiger charge is 2.14. The number of hydrogen-bond acceptors (Lipinski definition) is 4. The maximum atomic E-state index is 6.17. The van der Waals surface area contributed by atoms with Gasteiger partial charge in [0.2, 0.25) is 0 Å². The van der Waals surface area contributed by atoms with Gasteiger partial charge in [-0.1, -0.05) is 43.6 Å². The molecule has 0 unspecified atom stereocenters. The summed E-state index contributed by atoms with van der Waals surface area (Å²) in [5.74, 6) is 2.03. The van der Waals surface area contributed by atoms with E-state index in [0.29, 0.717) is 12.5 Å². The van der Waals surface area contributed by atoms with Crippen LogP contribution in [-0.4, -0.2) is 17.0 Å². The largest absolute Gasteiger partial charge is 0.373 e. The molecule has 2 N–H and O–H groups in total. The van der Waals surface area contributed by atoms with Gasteiger partial charge in [-0.05, 0) is 17.5 Å². The number of aromatic nitrogens is 2. The van der Waals surface area contributed by atoms with Crippen molar-refractivity contribution in [3.8, 4) is 0 Å². The summed E-state index contributed by atoms with van der Waals surface area (Å²) in [5.41, 5.74) is 2.13. The van der Waals surface area contributed by atoms with Crippen molar-refractivity contribution in [3.63, 3.8) is 0 Å². The highest BCUT2D eigenvalue weighted by Crippen LogP contribution is 2.28. The van der Waals surface area contributed by atoms with Gasteiger partial charge in [-0.2, -0.15) is 0 Å². The van der Waals surface area contributed by atoms with E-state index in [2.05, 4.69) is 34.4 Å². The number of nitrogens with zero attached hydrogens (tertiary/aromatic N) is 2. The highest BCUT2D eigenvalue weighted by molar-refractivity contribution is 6.31. The molecule has 4 nitrogen and oxygen atoms in total. The molecule has 0 aliphatic rings. The molecule has 0 radical (unpaired) electrons. The van der Waals surface area contributed by atoms with Gasteiger partial charge in [-0.25, -0.2) is 9.97 Å². The van der Waals surface area contributed by atoms with Crippen molar-refractivity contribution >= 4 is 23.2 Å². The Morgan fingerprint density at radius 1 is 1.15 bits per heavy atom. The maximum Gasteiger partial charge on any atom is 0.135 e. The summed E-state index contributed by atoms with van der Waals surface area (Å²) in [4.78, 5) is 8.61. The van der Waals surface area contributed by atoms with Gasteiger partial charge in [-0.3, -0.25) is 0 Å². The Morgan fingerprint density at radius 2 is 1.85 bits per heavy atom. The van der Waals surface area contributed by atoms with Crippen molar-refractivity contribution in [1.29, 1.82) is 0 Å². The monoisotopic (exact) mass is 290 g/mol. The lowest BCUT2D eigenvalue weighted by atomic mass is 10.0. The molecule has 0 bridgehead atoms. The standard InChI is InChI=1S/C15H19ClN4/c1-10(2)13-14(17-3)19-9-20-15(13)18-8-11-6-4-5-7-12(11)16/h4-7,9-10H,8H2,1-3H3,(H2,17,18,19,20). The van der Waals surface area contributed by atoms with E-state index in [1.807, 2.05) is 31.3 Å². The Kier molecular flexibility index (Phi) is 4.79. The van der Waals surface area contributed by atoms with Crippen molar-refractivity contribution < 1.29 is 0 Å². The average molecular weight is 291 g/mol. The molecule has 2 rings (SSSR count). The van der Waals surface area contributed by atoms with Crippen LogP contribution in [0, 0.1) is 0 Å². The number of rotatable bonds is 5. The SMILES string of the molecule is CNc1ncnc(NCc2ccccc2Cl)c1C(C)C. The van der Waals surface area contributed by atoms with Crippen LogP contribution in [0.2, 0.25) is 5.02 Å². The first-order valence-corrected chi connectivity index (χ1v) is 7.01. The van der Waals surface area contributed by atoms with Gasteiger partial charge in [0, 0.05) is 24.2 Å². The quantitative estimate of drug-likeness (QED) is 0.876. The topological polar surface area (TPSA) is 49.8 Å². The zero-order valence-corrected chi connectivity index (χ0v) is 12.7. The second-order valence-electron chi connectivity index (χ2n) is 4.83. The van der Waals surface area contributed by atoms with Crippen molar-refractivity contribution in [3.05, 3.63) is 46.7 Å². The summed E-state index contributed by atoms with van der Waals surface area (Å²) in [7, 11) is 1.87. The zero-order chi connectivity index (χ0) is 14.5. The number of halogens is 1. The lowest BCUT2D eigenvalue weighted by Crippen LogP contribution is -2.09. The molecule has 1 heterocycles. The molecular weight excluding hydrogens is 272 g/mol. The fourth-order valence-corrected chi connectivity index (χ4v) is 2.31. The third-order valence-electron chi connectivity index (χ3n) is 3.10. The van der Waals surface area contributed by atoms with Crippen LogP contribution in [0.25, 0.3) is 0 Å². The fourth-order valence-electron chi connectivity index (χ4n) is 2.10. The Labute approximate surface area is 124 Å². The van der Waals surface area contributed by atoms with E-state index in [1.165, 1.54) is 0 Å². The molecule has 2 aromatic rings. The molecule has 0 saturated carbocycles. The normalized spacial score (nSPS) is 10.7. The summed E-state index contributed by atoms with van der Waals surface area (Å²) in [6, 6.07) is 7.80. The highest BCUT2D eigenvalue weighted by atomic mass is 35.5. The predicted molar refractivity (Wildman–Crippen MR) is 84.4 cm³/mol. The zero-order valence-electron chi connectivity index (χ0n) is 11.9. The first-order valence-electron chi connectivity index (χ1n) is 6.63. The van der Waals surface area contributed by atoms with Gasteiger partial charge in [0.25, 0.3) is 0 Å². The molecule has 20 heavy (non-hydrogen) atoms. The van der Waals surface area contributed by atoms with Crippen LogP contribution in [0.5, 0.6) is 0 Å². The van der Waals surface area contributed by atoms with Gasteiger partial charge in [-0.15, -0.1) is 0 Å². The van der Waals surface area contributed by atoms with Crippen LogP contribution in [-0.2, 0) is 6.54 Å². The Hall–Kier alpha value is -1.81. The number of hydrogen-bond donors (Lipinski definition) is 2. The second kappa shape index (κ2) is 6.57. The van der Waals surface area contributed by atoms with Crippen LogP contribution < -0.4 is 10.6 Å². The average Bonchev–Trinajstić information content (AvgIpc) is 2.45. The molecule has 1 aromatic heterocycles. The molecule has 0 atom stereocenters. The van der Waals surface area contributed by atoms with E-state index in [0.717, 1.165) is 27.8 Å². The van der Waals surface area contributed by atoms with E-state index in [4.69, 9.17) is 11.6 Å². The summed E-state index contributed by atoms with van der Waals surface area (Å²) in [5, 5.41) is 7.22. The van der Waals surface area contributed by atoms with Crippen molar-refractivity contribution in [1.82, 2.24) is 9.97 Å². The van der Waals surface area contributed by atoms with Crippen LogP contribution in [0.1, 0.15) is 30.9 Å². The van der Waals surface area contributed by atoms with E-state index >= 15 is 0 Å². The van der Waals surface area contributed by atoms with Gasteiger partial charge < -0.3 is 10.6 Å². The third-order valence-corrected chi connectivity index (χ3v) is 3.47. The molecule has 106 valence electrons. The molecule has 0 fully saturated rings. The minimum absolute atomic E-state index is 0.326. The minimum atomic E-state index is 0.326. The number of nitrogens with one attached hydrogen (secondary N) is 2. The predicted octanol–water partition coefficient (Wildman–Crippen LogP) is 3.91. The molecule has 0 saturated heterocycles. The van der Waals surface area contributed by atoms with E-state index < -0.39 is 0 Å². The first kappa shape index (κ1) is 14.6. The van der Waals surface area contributed by atoms with Crippen LogP contribution in [0.15, 0.2) is 30.6 Å². The summed E-state index contributed by atoms with van der Waals surface area (Å²) in [6.45, 7) is 4.89. The molecule has 0 amide bonds. The molecule has 5 heteroatoms.